The summed E-state index contributed by atoms with van der Waals surface area (Å²) in [5, 5.41) is 0. The molecule has 0 aliphatic rings. The maximum absolute atomic E-state index is 12.7. The third-order valence-electron chi connectivity index (χ3n) is 3.75. The molecule has 0 radical (unpaired) electrons. The van der Waals surface area contributed by atoms with E-state index in [1.54, 1.807) is 18.2 Å². The molecular formula is C18H14F5NO3S2. The second-order valence-corrected chi connectivity index (χ2v) is 10.5. The van der Waals surface area contributed by atoms with E-state index in [1.807, 2.05) is 0 Å². The molecule has 0 atom stereocenters. The van der Waals surface area contributed by atoms with Gasteiger partial charge in [-0.3, -0.25) is 0 Å². The van der Waals surface area contributed by atoms with Crippen LogP contribution in [0.4, 0.5) is 19.4 Å². The van der Waals surface area contributed by atoms with E-state index >= 15 is 0 Å². The number of nitrogens with zero attached hydrogens (tertiary/aromatic N) is 1. The molecule has 0 amide bonds. The van der Waals surface area contributed by atoms with Gasteiger partial charge in [-0.15, -0.1) is 0 Å². The first-order valence-electron chi connectivity index (χ1n) is 7.97. The first-order valence-corrected chi connectivity index (χ1v) is 11.6. The highest BCUT2D eigenvalue weighted by Gasteiger charge is 2.65. The standard InChI is InChI=1S/C18H14F5NO3S2/c19-29(20,21,22,23)17-9-6-14(7-10-17)8-11-18-24-15(12-27-18)13-28(25,26)16-4-2-1-3-5-16/h1-12H,13H2. The van der Waals surface area contributed by atoms with Gasteiger partial charge in [0, 0.05) is 6.08 Å². The molecule has 0 spiro atoms. The van der Waals surface area contributed by atoms with Crippen molar-refractivity contribution in [1.82, 2.24) is 4.98 Å². The van der Waals surface area contributed by atoms with E-state index < -0.39 is 30.7 Å². The molecule has 3 rings (SSSR count). The molecule has 0 bridgehead atoms. The largest absolute Gasteiger partial charge is 0.445 e. The van der Waals surface area contributed by atoms with E-state index in [0.717, 1.165) is 18.4 Å². The Balaban J connectivity index is 1.73. The Bertz CT molecular complexity index is 1150. The molecular weight excluding hydrogens is 437 g/mol. The lowest BCUT2D eigenvalue weighted by atomic mass is 10.2. The fourth-order valence-corrected chi connectivity index (χ4v) is 4.29. The molecule has 0 aliphatic heterocycles. The van der Waals surface area contributed by atoms with Gasteiger partial charge in [0.25, 0.3) is 0 Å². The van der Waals surface area contributed by atoms with E-state index in [1.165, 1.54) is 24.3 Å². The first kappa shape index (κ1) is 21.1. The summed E-state index contributed by atoms with van der Waals surface area (Å²) in [4.78, 5) is 2.14. The number of aromatic nitrogens is 1. The fourth-order valence-electron chi connectivity index (χ4n) is 2.37. The number of halogens is 5. The molecule has 2 aromatic carbocycles. The zero-order chi connectivity index (χ0) is 21.4. The monoisotopic (exact) mass is 451 g/mol. The van der Waals surface area contributed by atoms with Crippen LogP contribution in [0.15, 0.2) is 75.1 Å². The quantitative estimate of drug-likeness (QED) is 0.403. The van der Waals surface area contributed by atoms with Crippen molar-refractivity contribution in [1.29, 1.82) is 0 Å². The minimum absolute atomic E-state index is 0.0139. The molecule has 0 saturated heterocycles. The molecule has 4 nitrogen and oxygen atoms in total. The summed E-state index contributed by atoms with van der Waals surface area (Å²) in [5.74, 6) is -0.382. The van der Waals surface area contributed by atoms with Crippen molar-refractivity contribution in [2.24, 2.45) is 0 Å². The van der Waals surface area contributed by atoms with Crippen LogP contribution >= 0.6 is 10.2 Å². The predicted octanol–water partition coefficient (Wildman–Crippen LogP) is 6.48. The van der Waals surface area contributed by atoms with Gasteiger partial charge in [0.2, 0.25) is 5.89 Å². The highest BCUT2D eigenvalue weighted by molar-refractivity contribution is 8.45. The van der Waals surface area contributed by atoms with E-state index in [2.05, 4.69) is 4.98 Å². The second kappa shape index (κ2) is 6.42. The Labute approximate surface area is 163 Å². The molecule has 1 heterocycles. The van der Waals surface area contributed by atoms with Crippen LogP contribution in [0.2, 0.25) is 0 Å². The Morgan fingerprint density at radius 1 is 0.897 bits per heavy atom. The van der Waals surface area contributed by atoms with Crippen LogP contribution in [0.5, 0.6) is 0 Å². The summed E-state index contributed by atoms with van der Waals surface area (Å²) in [6.07, 6.45) is 3.74. The van der Waals surface area contributed by atoms with Crippen LogP contribution < -0.4 is 0 Å². The first-order chi connectivity index (χ1) is 13.2. The highest BCUT2D eigenvalue weighted by atomic mass is 32.5. The van der Waals surface area contributed by atoms with Gasteiger partial charge in [0.05, 0.1) is 10.6 Å². The number of hydrogen-bond acceptors (Lipinski definition) is 4. The van der Waals surface area contributed by atoms with E-state index in [-0.39, 0.29) is 22.0 Å². The Morgan fingerprint density at radius 3 is 2.10 bits per heavy atom. The summed E-state index contributed by atoms with van der Waals surface area (Å²) in [7, 11) is -13.3. The SMILES string of the molecule is O=S(=O)(Cc1coc(C=Cc2ccc(S(F)(F)(F)(F)F)cc2)n1)c1ccccc1. The summed E-state index contributed by atoms with van der Waals surface area (Å²) < 4.78 is 93.2. The van der Waals surface area contributed by atoms with Gasteiger partial charge in [-0.2, -0.15) is 0 Å². The topological polar surface area (TPSA) is 60.2 Å². The summed E-state index contributed by atoms with van der Waals surface area (Å²) in [5.41, 5.74) is 0.344. The van der Waals surface area contributed by atoms with Crippen LogP contribution in [-0.4, -0.2) is 13.4 Å². The molecule has 1 aromatic heterocycles. The van der Waals surface area contributed by atoms with Crippen molar-refractivity contribution in [2.45, 2.75) is 15.5 Å². The number of oxazole rings is 1. The van der Waals surface area contributed by atoms with Crippen molar-refractivity contribution in [3.8, 4) is 0 Å². The van der Waals surface area contributed by atoms with Gasteiger partial charge in [0.1, 0.15) is 16.9 Å². The average Bonchev–Trinajstić information content (AvgIpc) is 3.06. The Morgan fingerprint density at radius 2 is 1.52 bits per heavy atom. The number of hydrogen-bond donors (Lipinski definition) is 0. The molecule has 0 saturated carbocycles. The minimum Gasteiger partial charge on any atom is -0.445 e. The van der Waals surface area contributed by atoms with Crippen molar-refractivity contribution in [3.63, 3.8) is 0 Å². The fraction of sp³-hybridized carbons (Fsp3) is 0.0556. The number of benzene rings is 2. The summed E-state index contributed by atoms with van der Waals surface area (Å²) in [6, 6.07) is 10.1. The van der Waals surface area contributed by atoms with Crippen LogP contribution in [0.1, 0.15) is 17.1 Å². The third kappa shape index (κ3) is 5.45. The smallest absolute Gasteiger partial charge is 0.310 e. The Hall–Kier alpha value is -2.66. The van der Waals surface area contributed by atoms with Crippen LogP contribution in [0.3, 0.4) is 0 Å². The van der Waals surface area contributed by atoms with Gasteiger partial charge >= 0.3 is 10.2 Å². The van der Waals surface area contributed by atoms with Crippen molar-refractivity contribution in [3.05, 3.63) is 78.0 Å². The van der Waals surface area contributed by atoms with Crippen molar-refractivity contribution < 1.29 is 32.3 Å². The van der Waals surface area contributed by atoms with E-state index in [0.29, 0.717) is 12.1 Å². The Kier molecular flexibility index (Phi) is 4.67. The third-order valence-corrected chi connectivity index (χ3v) is 6.58. The number of sulfone groups is 1. The van der Waals surface area contributed by atoms with Gasteiger partial charge in [-0.1, -0.05) is 49.8 Å². The minimum atomic E-state index is -9.71. The molecule has 0 fully saturated rings. The molecule has 29 heavy (non-hydrogen) atoms. The van der Waals surface area contributed by atoms with Crippen LogP contribution in [0.25, 0.3) is 12.2 Å². The molecule has 0 aliphatic carbocycles. The molecule has 11 heteroatoms. The highest BCUT2D eigenvalue weighted by Crippen LogP contribution is 3.02. The summed E-state index contributed by atoms with van der Waals surface area (Å²) in [6.45, 7) is 0. The normalized spacial score (nSPS) is 15.2. The van der Waals surface area contributed by atoms with Gasteiger partial charge < -0.3 is 4.42 Å². The lowest BCUT2D eigenvalue weighted by Gasteiger charge is -2.40. The van der Waals surface area contributed by atoms with Crippen LogP contribution in [-0.2, 0) is 15.6 Å². The zero-order valence-corrected chi connectivity index (χ0v) is 16.1. The molecule has 3 aromatic rings. The van der Waals surface area contributed by atoms with Gasteiger partial charge in [-0.25, -0.2) is 13.4 Å². The van der Waals surface area contributed by atoms with Crippen molar-refractivity contribution >= 4 is 32.2 Å². The van der Waals surface area contributed by atoms with Crippen LogP contribution in [0, 0.1) is 0 Å². The lowest BCUT2D eigenvalue weighted by molar-refractivity contribution is 0.364. The zero-order valence-electron chi connectivity index (χ0n) is 14.5. The second-order valence-electron chi connectivity index (χ2n) is 6.12. The summed E-state index contributed by atoms with van der Waals surface area (Å²) >= 11 is 0. The molecule has 0 unspecified atom stereocenters. The maximum Gasteiger partial charge on any atom is 0.310 e. The number of rotatable bonds is 6. The maximum atomic E-state index is 12.7. The van der Waals surface area contributed by atoms with Crippen molar-refractivity contribution in [2.75, 3.05) is 0 Å². The molecule has 156 valence electrons. The van der Waals surface area contributed by atoms with E-state index in [9.17, 15) is 27.8 Å². The van der Waals surface area contributed by atoms with Gasteiger partial charge in [-0.05, 0) is 35.9 Å². The average molecular weight is 451 g/mol. The molecule has 0 N–H and O–H groups in total. The van der Waals surface area contributed by atoms with E-state index in [4.69, 9.17) is 4.42 Å². The predicted molar refractivity (Wildman–Crippen MR) is 101 cm³/mol. The van der Waals surface area contributed by atoms with Gasteiger partial charge in [0.15, 0.2) is 9.84 Å². The lowest BCUT2D eigenvalue weighted by Crippen LogP contribution is -2.05.